The second-order valence-corrected chi connectivity index (χ2v) is 5.47. The van der Waals surface area contributed by atoms with Gasteiger partial charge in [-0.05, 0) is 49.8 Å². The molecule has 1 N–H and O–H groups in total. The van der Waals surface area contributed by atoms with E-state index in [4.69, 9.17) is 10.4 Å². The predicted molar refractivity (Wildman–Crippen MR) is 76.1 cm³/mol. The fourth-order valence-corrected chi connectivity index (χ4v) is 2.81. The minimum atomic E-state index is -0.0328. The Bertz CT molecular complexity index is 513. The van der Waals surface area contributed by atoms with E-state index in [9.17, 15) is 4.79 Å². The molecule has 0 atom stereocenters. The van der Waals surface area contributed by atoms with Crippen molar-refractivity contribution < 1.29 is 9.90 Å². The standard InChI is InChI=1S/C16H20N2O2/c1-18(15-7-5-12(11-19)6-8-15)16(20)14-4-2-3-13(9-14)10-17/h2-4,9,12,15,19H,5-8,11H2,1H3. The minimum absolute atomic E-state index is 0.0328. The van der Waals surface area contributed by atoms with Crippen molar-refractivity contribution in [2.75, 3.05) is 13.7 Å². The van der Waals surface area contributed by atoms with E-state index in [0.29, 0.717) is 17.0 Å². The zero-order chi connectivity index (χ0) is 14.5. The highest BCUT2D eigenvalue weighted by Gasteiger charge is 2.26. The van der Waals surface area contributed by atoms with Gasteiger partial charge >= 0.3 is 0 Å². The van der Waals surface area contributed by atoms with Crippen LogP contribution in [0.5, 0.6) is 0 Å². The van der Waals surface area contributed by atoms with Gasteiger partial charge in [0.15, 0.2) is 0 Å². The number of rotatable bonds is 3. The molecule has 0 spiro atoms. The van der Waals surface area contributed by atoms with Gasteiger partial charge in [-0.1, -0.05) is 6.07 Å². The van der Waals surface area contributed by atoms with Gasteiger partial charge in [-0.3, -0.25) is 4.79 Å². The summed E-state index contributed by atoms with van der Waals surface area (Å²) in [5.74, 6) is 0.353. The molecule has 2 rings (SSSR count). The molecule has 0 aromatic heterocycles. The zero-order valence-electron chi connectivity index (χ0n) is 11.7. The van der Waals surface area contributed by atoms with Crippen LogP contribution in [0.25, 0.3) is 0 Å². The minimum Gasteiger partial charge on any atom is -0.396 e. The van der Waals surface area contributed by atoms with Gasteiger partial charge in [-0.25, -0.2) is 0 Å². The Labute approximate surface area is 119 Å². The molecule has 1 saturated carbocycles. The average molecular weight is 272 g/mol. The smallest absolute Gasteiger partial charge is 0.253 e. The quantitative estimate of drug-likeness (QED) is 0.917. The molecule has 4 heteroatoms. The van der Waals surface area contributed by atoms with Gasteiger partial charge < -0.3 is 10.0 Å². The first-order valence-electron chi connectivity index (χ1n) is 7.04. The Morgan fingerprint density at radius 2 is 2.10 bits per heavy atom. The molecule has 0 radical (unpaired) electrons. The second-order valence-electron chi connectivity index (χ2n) is 5.47. The van der Waals surface area contributed by atoms with Gasteiger partial charge in [0.05, 0.1) is 11.6 Å². The van der Waals surface area contributed by atoms with E-state index < -0.39 is 0 Å². The molecule has 1 fully saturated rings. The molecule has 1 amide bonds. The largest absolute Gasteiger partial charge is 0.396 e. The lowest BCUT2D eigenvalue weighted by Crippen LogP contribution is -2.39. The summed E-state index contributed by atoms with van der Waals surface area (Å²) in [5.41, 5.74) is 1.07. The van der Waals surface area contributed by atoms with Crippen molar-refractivity contribution in [2.24, 2.45) is 5.92 Å². The van der Waals surface area contributed by atoms with E-state index in [1.54, 1.807) is 29.2 Å². The third-order valence-corrected chi connectivity index (χ3v) is 4.18. The molecule has 1 aromatic carbocycles. The molecule has 4 nitrogen and oxygen atoms in total. The molecule has 106 valence electrons. The maximum atomic E-state index is 12.4. The maximum absolute atomic E-state index is 12.4. The van der Waals surface area contributed by atoms with Crippen LogP contribution in [0, 0.1) is 17.2 Å². The van der Waals surface area contributed by atoms with Crippen LogP contribution in [0.15, 0.2) is 24.3 Å². The van der Waals surface area contributed by atoms with Crippen LogP contribution in [0.4, 0.5) is 0 Å². The van der Waals surface area contributed by atoms with Crippen molar-refractivity contribution in [3.63, 3.8) is 0 Å². The second kappa shape index (κ2) is 6.53. The normalized spacial score (nSPS) is 22.1. The molecular weight excluding hydrogens is 252 g/mol. The Morgan fingerprint density at radius 3 is 2.70 bits per heavy atom. The van der Waals surface area contributed by atoms with E-state index in [1.165, 1.54) is 0 Å². The molecular formula is C16H20N2O2. The number of benzene rings is 1. The van der Waals surface area contributed by atoms with Crippen LogP contribution in [-0.2, 0) is 0 Å². The predicted octanol–water partition coefficient (Wildman–Crippen LogP) is 2.18. The van der Waals surface area contributed by atoms with Crippen molar-refractivity contribution in [3.05, 3.63) is 35.4 Å². The molecule has 0 unspecified atom stereocenters. The fraction of sp³-hybridized carbons (Fsp3) is 0.500. The van der Waals surface area contributed by atoms with Crippen molar-refractivity contribution in [2.45, 2.75) is 31.7 Å². The summed E-state index contributed by atoms with van der Waals surface area (Å²) in [7, 11) is 1.82. The van der Waals surface area contributed by atoms with Gasteiger partial charge in [0.2, 0.25) is 0 Å². The summed E-state index contributed by atoms with van der Waals surface area (Å²) in [6, 6.07) is 9.11. The van der Waals surface area contributed by atoms with Crippen LogP contribution >= 0.6 is 0 Å². The molecule has 1 aliphatic carbocycles. The lowest BCUT2D eigenvalue weighted by atomic mass is 9.86. The molecule has 1 aliphatic rings. The summed E-state index contributed by atoms with van der Waals surface area (Å²) in [4.78, 5) is 14.2. The van der Waals surface area contributed by atoms with Crippen LogP contribution < -0.4 is 0 Å². The monoisotopic (exact) mass is 272 g/mol. The van der Waals surface area contributed by atoms with Gasteiger partial charge in [-0.2, -0.15) is 5.26 Å². The number of nitrogens with zero attached hydrogens (tertiary/aromatic N) is 2. The maximum Gasteiger partial charge on any atom is 0.253 e. The molecule has 1 aromatic rings. The van der Waals surface area contributed by atoms with Crippen LogP contribution in [-0.4, -0.2) is 35.6 Å². The number of amides is 1. The molecule has 20 heavy (non-hydrogen) atoms. The number of aliphatic hydroxyl groups excluding tert-OH is 1. The lowest BCUT2D eigenvalue weighted by molar-refractivity contribution is 0.0653. The van der Waals surface area contributed by atoms with Crippen molar-refractivity contribution in [1.29, 1.82) is 5.26 Å². The van der Waals surface area contributed by atoms with E-state index in [-0.39, 0.29) is 18.6 Å². The Balaban J connectivity index is 2.03. The van der Waals surface area contributed by atoms with Gasteiger partial charge in [-0.15, -0.1) is 0 Å². The van der Waals surface area contributed by atoms with Crippen LogP contribution in [0.3, 0.4) is 0 Å². The van der Waals surface area contributed by atoms with Gasteiger partial charge in [0, 0.05) is 25.3 Å². The lowest BCUT2D eigenvalue weighted by Gasteiger charge is -2.34. The van der Waals surface area contributed by atoms with Gasteiger partial charge in [0.25, 0.3) is 5.91 Å². The number of hydrogen-bond acceptors (Lipinski definition) is 3. The Hall–Kier alpha value is -1.86. The summed E-state index contributed by atoms with van der Waals surface area (Å²) in [6.45, 7) is 0.245. The van der Waals surface area contributed by atoms with Crippen molar-refractivity contribution in [3.8, 4) is 6.07 Å². The first-order valence-corrected chi connectivity index (χ1v) is 7.04. The first kappa shape index (κ1) is 14.5. The summed E-state index contributed by atoms with van der Waals surface area (Å²) in [5, 5.41) is 18.0. The van der Waals surface area contributed by atoms with Crippen LogP contribution in [0.1, 0.15) is 41.6 Å². The molecule has 0 bridgehead atoms. The molecule has 0 aliphatic heterocycles. The van der Waals surface area contributed by atoms with Crippen molar-refractivity contribution >= 4 is 5.91 Å². The fourth-order valence-electron chi connectivity index (χ4n) is 2.81. The number of carbonyl (C=O) groups excluding carboxylic acids is 1. The van der Waals surface area contributed by atoms with E-state index >= 15 is 0 Å². The SMILES string of the molecule is CN(C(=O)c1cccc(C#N)c1)C1CCC(CO)CC1. The number of carbonyl (C=O) groups is 1. The number of nitriles is 1. The average Bonchev–Trinajstić information content (AvgIpc) is 2.53. The highest BCUT2D eigenvalue weighted by atomic mass is 16.3. The number of aliphatic hydroxyl groups is 1. The third kappa shape index (κ3) is 3.17. The van der Waals surface area contributed by atoms with Crippen LogP contribution in [0.2, 0.25) is 0 Å². The summed E-state index contributed by atoms with van der Waals surface area (Å²) in [6.07, 6.45) is 3.81. The highest BCUT2D eigenvalue weighted by molar-refractivity contribution is 5.94. The summed E-state index contributed by atoms with van der Waals surface area (Å²) < 4.78 is 0. The van der Waals surface area contributed by atoms with E-state index in [0.717, 1.165) is 25.7 Å². The van der Waals surface area contributed by atoms with Crippen molar-refractivity contribution in [1.82, 2.24) is 4.90 Å². The number of hydrogen-bond donors (Lipinski definition) is 1. The van der Waals surface area contributed by atoms with Gasteiger partial charge in [0.1, 0.15) is 0 Å². The highest BCUT2D eigenvalue weighted by Crippen LogP contribution is 2.27. The first-order chi connectivity index (χ1) is 9.65. The molecule has 0 saturated heterocycles. The third-order valence-electron chi connectivity index (χ3n) is 4.18. The van der Waals surface area contributed by atoms with E-state index in [1.807, 2.05) is 7.05 Å². The van der Waals surface area contributed by atoms with E-state index in [2.05, 4.69) is 6.07 Å². The Morgan fingerprint density at radius 1 is 1.40 bits per heavy atom. The Kier molecular flexibility index (Phi) is 4.75. The topological polar surface area (TPSA) is 64.3 Å². The zero-order valence-corrected chi connectivity index (χ0v) is 11.7. The summed E-state index contributed by atoms with van der Waals surface area (Å²) >= 11 is 0. The molecule has 0 heterocycles.